The van der Waals surface area contributed by atoms with E-state index in [9.17, 15) is 9.90 Å². The van der Waals surface area contributed by atoms with Gasteiger partial charge >= 0.3 is 5.97 Å². The maximum absolute atomic E-state index is 11.4. The molecule has 0 saturated heterocycles. The molecule has 1 atom stereocenters. The smallest absolute Gasteiger partial charge is 0.326 e. The van der Waals surface area contributed by atoms with Crippen molar-refractivity contribution >= 4 is 11.8 Å². The van der Waals surface area contributed by atoms with E-state index in [2.05, 4.69) is 22.2 Å². The molecule has 0 spiro atoms. The summed E-state index contributed by atoms with van der Waals surface area (Å²) in [6.45, 7) is 3.93. The number of hydrogen-bond donors (Lipinski definition) is 2. The lowest BCUT2D eigenvalue weighted by Crippen LogP contribution is -2.30. The third-order valence-corrected chi connectivity index (χ3v) is 3.75. The van der Waals surface area contributed by atoms with E-state index in [1.54, 1.807) is 0 Å². The van der Waals surface area contributed by atoms with Crippen molar-refractivity contribution in [3.8, 4) is 0 Å². The van der Waals surface area contributed by atoms with Crippen molar-refractivity contribution in [2.24, 2.45) is 0 Å². The fourth-order valence-corrected chi connectivity index (χ4v) is 2.67. The van der Waals surface area contributed by atoms with Gasteiger partial charge in [-0.25, -0.2) is 14.8 Å². The highest BCUT2D eigenvalue weighted by Crippen LogP contribution is 2.26. The molecule has 0 amide bonds. The summed E-state index contributed by atoms with van der Waals surface area (Å²) in [5.41, 5.74) is 2.20. The van der Waals surface area contributed by atoms with E-state index in [0.717, 1.165) is 55.6 Å². The fourth-order valence-electron chi connectivity index (χ4n) is 2.67. The maximum Gasteiger partial charge on any atom is 0.326 e. The zero-order chi connectivity index (χ0) is 14.5. The quantitative estimate of drug-likeness (QED) is 0.836. The number of aryl methyl sites for hydroxylation is 2. The molecule has 1 heterocycles. The molecule has 0 saturated carbocycles. The standard InChI is InChI=1S/C15H23N3O2/c1-3-4-8-13(15(19)20)18-14-11-7-5-6-9-12(11)16-10(2)17-14/h13H,3-9H2,1-2H3,(H,19,20)(H,16,17,18)/t13-/m0/s1. The Hall–Kier alpha value is -1.65. The molecule has 0 fully saturated rings. The van der Waals surface area contributed by atoms with Gasteiger partial charge in [0.15, 0.2) is 0 Å². The molecule has 110 valence electrons. The Morgan fingerprint density at radius 3 is 2.80 bits per heavy atom. The van der Waals surface area contributed by atoms with Gasteiger partial charge in [0.2, 0.25) is 0 Å². The molecule has 5 nitrogen and oxygen atoms in total. The fraction of sp³-hybridized carbons (Fsp3) is 0.667. The first-order valence-corrected chi connectivity index (χ1v) is 7.47. The zero-order valence-electron chi connectivity index (χ0n) is 12.3. The van der Waals surface area contributed by atoms with Gasteiger partial charge < -0.3 is 10.4 Å². The van der Waals surface area contributed by atoms with Gasteiger partial charge in [0.1, 0.15) is 17.7 Å². The number of hydrogen-bond acceptors (Lipinski definition) is 4. The normalized spacial score (nSPS) is 15.5. The Kier molecular flexibility index (Phi) is 4.93. The number of rotatable bonds is 6. The van der Waals surface area contributed by atoms with Crippen LogP contribution >= 0.6 is 0 Å². The van der Waals surface area contributed by atoms with Gasteiger partial charge in [-0.05, 0) is 39.0 Å². The number of aromatic nitrogens is 2. The Labute approximate surface area is 119 Å². The van der Waals surface area contributed by atoms with Crippen LogP contribution in [0.3, 0.4) is 0 Å². The third-order valence-electron chi connectivity index (χ3n) is 3.75. The molecule has 0 aliphatic heterocycles. The van der Waals surface area contributed by atoms with Crippen LogP contribution in [-0.2, 0) is 17.6 Å². The Balaban J connectivity index is 2.22. The van der Waals surface area contributed by atoms with Gasteiger partial charge in [-0.3, -0.25) is 0 Å². The Morgan fingerprint density at radius 1 is 1.35 bits per heavy atom. The van der Waals surface area contributed by atoms with Crippen molar-refractivity contribution in [3.05, 3.63) is 17.1 Å². The van der Waals surface area contributed by atoms with Crippen LogP contribution in [0.5, 0.6) is 0 Å². The van der Waals surface area contributed by atoms with E-state index in [-0.39, 0.29) is 0 Å². The molecule has 1 aromatic heterocycles. The van der Waals surface area contributed by atoms with E-state index in [1.165, 1.54) is 0 Å². The van der Waals surface area contributed by atoms with Gasteiger partial charge in [0.05, 0.1) is 0 Å². The molecule has 1 aromatic rings. The monoisotopic (exact) mass is 277 g/mol. The van der Waals surface area contributed by atoms with E-state index < -0.39 is 12.0 Å². The Morgan fingerprint density at radius 2 is 2.10 bits per heavy atom. The van der Waals surface area contributed by atoms with Crippen molar-refractivity contribution < 1.29 is 9.90 Å². The third kappa shape index (κ3) is 3.46. The van der Waals surface area contributed by atoms with Gasteiger partial charge in [0.25, 0.3) is 0 Å². The number of fused-ring (bicyclic) bond motifs is 1. The summed E-state index contributed by atoms with van der Waals surface area (Å²) in [5, 5.41) is 12.5. The van der Waals surface area contributed by atoms with Crippen molar-refractivity contribution in [2.45, 2.75) is 64.8 Å². The Bertz CT molecular complexity index is 488. The highest BCUT2D eigenvalue weighted by Gasteiger charge is 2.22. The van der Waals surface area contributed by atoms with E-state index in [4.69, 9.17) is 0 Å². The summed E-state index contributed by atoms with van der Waals surface area (Å²) < 4.78 is 0. The average molecular weight is 277 g/mol. The first-order valence-electron chi connectivity index (χ1n) is 7.47. The second-order valence-corrected chi connectivity index (χ2v) is 5.43. The zero-order valence-corrected chi connectivity index (χ0v) is 12.3. The van der Waals surface area contributed by atoms with Crippen molar-refractivity contribution in [2.75, 3.05) is 5.32 Å². The lowest BCUT2D eigenvalue weighted by atomic mass is 9.96. The van der Waals surface area contributed by atoms with Crippen molar-refractivity contribution in [3.63, 3.8) is 0 Å². The lowest BCUT2D eigenvalue weighted by molar-refractivity contribution is -0.138. The van der Waals surface area contributed by atoms with E-state index >= 15 is 0 Å². The molecule has 1 aliphatic rings. The van der Waals surface area contributed by atoms with Crippen LogP contribution < -0.4 is 5.32 Å². The summed E-state index contributed by atoms with van der Waals surface area (Å²) in [6.07, 6.45) is 6.71. The molecule has 2 rings (SSSR count). The number of unbranched alkanes of at least 4 members (excludes halogenated alkanes) is 1. The first-order chi connectivity index (χ1) is 9.61. The van der Waals surface area contributed by atoms with Crippen LogP contribution in [-0.4, -0.2) is 27.1 Å². The number of carboxylic acid groups (broad SMARTS) is 1. The summed E-state index contributed by atoms with van der Waals surface area (Å²) in [4.78, 5) is 20.3. The van der Waals surface area contributed by atoms with Crippen LogP contribution in [0, 0.1) is 6.92 Å². The number of nitrogens with one attached hydrogen (secondary N) is 1. The molecule has 5 heteroatoms. The van der Waals surface area contributed by atoms with E-state index in [0.29, 0.717) is 12.2 Å². The van der Waals surface area contributed by atoms with Gasteiger partial charge in [0, 0.05) is 11.3 Å². The lowest BCUT2D eigenvalue weighted by Gasteiger charge is -2.22. The second-order valence-electron chi connectivity index (χ2n) is 5.43. The molecule has 0 unspecified atom stereocenters. The molecule has 20 heavy (non-hydrogen) atoms. The van der Waals surface area contributed by atoms with Crippen LogP contribution in [0.2, 0.25) is 0 Å². The van der Waals surface area contributed by atoms with Gasteiger partial charge in [-0.2, -0.15) is 0 Å². The molecule has 1 aliphatic carbocycles. The van der Waals surface area contributed by atoms with Gasteiger partial charge in [-0.1, -0.05) is 19.8 Å². The second kappa shape index (κ2) is 6.68. The largest absolute Gasteiger partial charge is 0.480 e. The molecule has 0 aromatic carbocycles. The summed E-state index contributed by atoms with van der Waals surface area (Å²) in [7, 11) is 0. The van der Waals surface area contributed by atoms with Gasteiger partial charge in [-0.15, -0.1) is 0 Å². The molecule has 0 radical (unpaired) electrons. The summed E-state index contributed by atoms with van der Waals surface area (Å²) >= 11 is 0. The minimum absolute atomic E-state index is 0.560. The number of anilines is 1. The maximum atomic E-state index is 11.4. The minimum atomic E-state index is -0.806. The topological polar surface area (TPSA) is 75.1 Å². The van der Waals surface area contributed by atoms with Crippen LogP contribution in [0.15, 0.2) is 0 Å². The SMILES string of the molecule is CCCC[C@H](Nc1nc(C)nc2c1CCCC2)C(=O)O. The molecular formula is C15H23N3O2. The summed E-state index contributed by atoms with van der Waals surface area (Å²) in [6, 6.07) is -0.560. The molecule has 2 N–H and O–H groups in total. The highest BCUT2D eigenvalue weighted by molar-refractivity contribution is 5.77. The van der Waals surface area contributed by atoms with E-state index in [1.807, 2.05) is 6.92 Å². The number of nitrogens with zero attached hydrogens (tertiary/aromatic N) is 2. The predicted molar refractivity (Wildman–Crippen MR) is 78.0 cm³/mol. The van der Waals surface area contributed by atoms with Crippen LogP contribution in [0.4, 0.5) is 5.82 Å². The number of carbonyl (C=O) groups is 1. The van der Waals surface area contributed by atoms with Crippen molar-refractivity contribution in [1.29, 1.82) is 0 Å². The average Bonchev–Trinajstić information content (AvgIpc) is 2.42. The summed E-state index contributed by atoms with van der Waals surface area (Å²) in [5.74, 6) is 0.641. The minimum Gasteiger partial charge on any atom is -0.480 e. The predicted octanol–water partition coefficient (Wildman–Crippen LogP) is 2.72. The van der Waals surface area contributed by atoms with Crippen molar-refractivity contribution in [1.82, 2.24) is 9.97 Å². The van der Waals surface area contributed by atoms with Crippen LogP contribution in [0.1, 0.15) is 56.1 Å². The molecular weight excluding hydrogens is 254 g/mol. The molecule has 0 bridgehead atoms. The number of aliphatic carboxylic acids is 1. The number of carboxylic acids is 1. The van der Waals surface area contributed by atoms with Crippen LogP contribution in [0.25, 0.3) is 0 Å². The highest BCUT2D eigenvalue weighted by atomic mass is 16.4. The first kappa shape index (κ1) is 14.8.